The van der Waals surface area contributed by atoms with E-state index in [1.165, 1.54) is 12.1 Å². The van der Waals surface area contributed by atoms with Crippen molar-refractivity contribution in [1.82, 2.24) is 9.80 Å². The van der Waals surface area contributed by atoms with E-state index in [0.717, 1.165) is 32.2 Å². The molecule has 0 radical (unpaired) electrons. The average Bonchev–Trinajstić information content (AvgIpc) is 2.92. The van der Waals surface area contributed by atoms with E-state index in [-0.39, 0.29) is 10.8 Å². The average molecular weight is 338 g/mol. The zero-order valence-electron chi connectivity index (χ0n) is 13.5. The van der Waals surface area contributed by atoms with Crippen LogP contribution in [0.1, 0.15) is 23.2 Å². The summed E-state index contributed by atoms with van der Waals surface area (Å²) in [5.74, 6) is -0.0906. The molecule has 1 aromatic rings. The SMILES string of the molecule is CN1CCC2(CC1)OCCN2C(=O)c1ccc(S(C)(=O)=O)cc1. The van der Waals surface area contributed by atoms with Crippen molar-refractivity contribution in [2.24, 2.45) is 0 Å². The Morgan fingerprint density at radius 3 is 2.30 bits per heavy atom. The molecule has 0 unspecified atom stereocenters. The number of sulfone groups is 1. The fraction of sp³-hybridized carbons (Fsp3) is 0.562. The Bertz CT molecular complexity index is 691. The summed E-state index contributed by atoms with van der Waals surface area (Å²) in [6.07, 6.45) is 2.76. The second-order valence-corrected chi connectivity index (χ2v) is 8.37. The summed E-state index contributed by atoms with van der Waals surface area (Å²) in [4.78, 5) is 17.1. The fourth-order valence-corrected chi connectivity index (χ4v) is 3.91. The van der Waals surface area contributed by atoms with Gasteiger partial charge >= 0.3 is 0 Å². The van der Waals surface area contributed by atoms with Crippen molar-refractivity contribution in [3.05, 3.63) is 29.8 Å². The van der Waals surface area contributed by atoms with Crippen LogP contribution in [0.4, 0.5) is 0 Å². The maximum atomic E-state index is 12.8. The zero-order chi connectivity index (χ0) is 16.7. The van der Waals surface area contributed by atoms with E-state index >= 15 is 0 Å². The summed E-state index contributed by atoms with van der Waals surface area (Å²) in [5.41, 5.74) is 0.000219. The van der Waals surface area contributed by atoms with Gasteiger partial charge in [-0.15, -0.1) is 0 Å². The molecule has 7 heteroatoms. The van der Waals surface area contributed by atoms with Crippen molar-refractivity contribution >= 4 is 15.7 Å². The lowest BCUT2D eigenvalue weighted by molar-refractivity contribution is -0.102. The van der Waals surface area contributed by atoms with Crippen LogP contribution in [0.25, 0.3) is 0 Å². The number of rotatable bonds is 2. The summed E-state index contributed by atoms with van der Waals surface area (Å²) >= 11 is 0. The number of carbonyl (C=O) groups excluding carboxylic acids is 1. The molecular weight excluding hydrogens is 316 g/mol. The van der Waals surface area contributed by atoms with E-state index in [4.69, 9.17) is 4.74 Å². The first kappa shape index (κ1) is 16.4. The molecule has 2 heterocycles. The van der Waals surface area contributed by atoms with Gasteiger partial charge in [-0.3, -0.25) is 4.79 Å². The van der Waals surface area contributed by atoms with Crippen molar-refractivity contribution in [1.29, 1.82) is 0 Å². The number of nitrogens with zero attached hydrogens (tertiary/aromatic N) is 2. The molecule has 0 aromatic heterocycles. The van der Waals surface area contributed by atoms with Gasteiger partial charge in [0, 0.05) is 44.3 Å². The van der Waals surface area contributed by atoms with Crippen molar-refractivity contribution in [3.63, 3.8) is 0 Å². The third-order valence-corrected chi connectivity index (χ3v) is 5.85. The highest BCUT2D eigenvalue weighted by Crippen LogP contribution is 2.35. The van der Waals surface area contributed by atoms with E-state index in [0.29, 0.717) is 18.7 Å². The highest BCUT2D eigenvalue weighted by atomic mass is 32.2. The molecule has 126 valence electrons. The maximum absolute atomic E-state index is 12.8. The predicted octanol–water partition coefficient (Wildman–Crippen LogP) is 0.984. The second-order valence-electron chi connectivity index (χ2n) is 6.35. The first-order chi connectivity index (χ1) is 10.8. The van der Waals surface area contributed by atoms with Crippen LogP contribution in [0.5, 0.6) is 0 Å². The molecule has 1 aromatic carbocycles. The van der Waals surface area contributed by atoms with Crippen LogP contribution in [0, 0.1) is 0 Å². The Hall–Kier alpha value is -1.44. The number of hydrogen-bond acceptors (Lipinski definition) is 5. The Kier molecular flexibility index (Phi) is 4.20. The Morgan fingerprint density at radius 2 is 1.74 bits per heavy atom. The van der Waals surface area contributed by atoms with E-state index in [2.05, 4.69) is 11.9 Å². The summed E-state index contributed by atoms with van der Waals surface area (Å²) in [6, 6.07) is 6.14. The summed E-state index contributed by atoms with van der Waals surface area (Å²) < 4.78 is 29.0. The summed E-state index contributed by atoms with van der Waals surface area (Å²) in [7, 11) is -1.19. The number of likely N-dealkylation sites (tertiary alicyclic amines) is 1. The Labute approximate surface area is 136 Å². The number of ether oxygens (including phenoxy) is 1. The zero-order valence-corrected chi connectivity index (χ0v) is 14.3. The highest BCUT2D eigenvalue weighted by molar-refractivity contribution is 7.90. The quantitative estimate of drug-likeness (QED) is 0.804. The van der Waals surface area contributed by atoms with Gasteiger partial charge < -0.3 is 14.5 Å². The lowest BCUT2D eigenvalue weighted by Crippen LogP contribution is -2.54. The van der Waals surface area contributed by atoms with Crippen LogP contribution in [0.2, 0.25) is 0 Å². The minimum atomic E-state index is -3.25. The Balaban J connectivity index is 1.82. The Morgan fingerprint density at radius 1 is 1.13 bits per heavy atom. The van der Waals surface area contributed by atoms with Crippen LogP contribution in [-0.2, 0) is 14.6 Å². The fourth-order valence-electron chi connectivity index (χ4n) is 3.28. The van der Waals surface area contributed by atoms with Gasteiger partial charge in [0.2, 0.25) is 0 Å². The normalized spacial score (nSPS) is 21.7. The third-order valence-electron chi connectivity index (χ3n) is 4.72. The highest BCUT2D eigenvalue weighted by Gasteiger charge is 2.46. The number of carbonyl (C=O) groups is 1. The van der Waals surface area contributed by atoms with Crippen LogP contribution in [0.15, 0.2) is 29.2 Å². The van der Waals surface area contributed by atoms with Gasteiger partial charge in [-0.1, -0.05) is 0 Å². The predicted molar refractivity (Wildman–Crippen MR) is 86.0 cm³/mol. The molecule has 6 nitrogen and oxygen atoms in total. The monoisotopic (exact) mass is 338 g/mol. The maximum Gasteiger partial charge on any atom is 0.256 e. The van der Waals surface area contributed by atoms with E-state index < -0.39 is 15.6 Å². The molecule has 0 atom stereocenters. The second kappa shape index (κ2) is 5.89. The molecule has 1 spiro atoms. The van der Waals surface area contributed by atoms with Gasteiger partial charge in [-0.2, -0.15) is 0 Å². The van der Waals surface area contributed by atoms with Crippen LogP contribution in [-0.4, -0.2) is 69.4 Å². The van der Waals surface area contributed by atoms with Gasteiger partial charge in [-0.05, 0) is 31.3 Å². The van der Waals surface area contributed by atoms with Crippen LogP contribution >= 0.6 is 0 Å². The van der Waals surface area contributed by atoms with Crippen LogP contribution < -0.4 is 0 Å². The summed E-state index contributed by atoms with van der Waals surface area (Å²) in [5, 5.41) is 0. The summed E-state index contributed by atoms with van der Waals surface area (Å²) in [6.45, 7) is 2.93. The number of piperidine rings is 1. The topological polar surface area (TPSA) is 66.9 Å². The van der Waals surface area contributed by atoms with Crippen molar-refractivity contribution < 1.29 is 17.9 Å². The van der Waals surface area contributed by atoms with Crippen molar-refractivity contribution in [3.8, 4) is 0 Å². The van der Waals surface area contributed by atoms with Gasteiger partial charge in [0.05, 0.1) is 11.5 Å². The molecule has 0 saturated carbocycles. The molecule has 2 fully saturated rings. The van der Waals surface area contributed by atoms with E-state index in [1.807, 2.05) is 4.90 Å². The minimum absolute atomic E-state index is 0.0906. The first-order valence-corrected chi connectivity index (χ1v) is 9.66. The molecule has 2 aliphatic rings. The molecule has 0 aliphatic carbocycles. The number of benzene rings is 1. The number of amides is 1. The minimum Gasteiger partial charge on any atom is -0.354 e. The molecule has 0 N–H and O–H groups in total. The molecule has 23 heavy (non-hydrogen) atoms. The van der Waals surface area contributed by atoms with Crippen molar-refractivity contribution in [2.75, 3.05) is 39.5 Å². The van der Waals surface area contributed by atoms with Gasteiger partial charge in [0.1, 0.15) is 5.72 Å². The van der Waals surface area contributed by atoms with Gasteiger partial charge in [0.25, 0.3) is 5.91 Å². The van der Waals surface area contributed by atoms with E-state index in [1.54, 1.807) is 12.1 Å². The lowest BCUT2D eigenvalue weighted by atomic mass is 9.98. The number of hydrogen-bond donors (Lipinski definition) is 0. The van der Waals surface area contributed by atoms with Gasteiger partial charge in [-0.25, -0.2) is 8.42 Å². The molecular formula is C16H22N2O4S. The van der Waals surface area contributed by atoms with Crippen LogP contribution in [0.3, 0.4) is 0 Å². The first-order valence-electron chi connectivity index (χ1n) is 7.76. The third kappa shape index (κ3) is 3.13. The molecule has 1 amide bonds. The standard InChI is InChI=1S/C16H22N2O4S/c1-17-9-7-16(8-10-17)18(11-12-22-16)15(19)13-3-5-14(6-4-13)23(2,20)21/h3-6H,7-12H2,1-2H3. The molecule has 2 aliphatic heterocycles. The van der Waals surface area contributed by atoms with Crippen molar-refractivity contribution in [2.45, 2.75) is 23.5 Å². The van der Waals surface area contributed by atoms with E-state index in [9.17, 15) is 13.2 Å². The smallest absolute Gasteiger partial charge is 0.256 e. The molecule has 3 rings (SSSR count). The molecule has 0 bridgehead atoms. The lowest BCUT2D eigenvalue weighted by Gasteiger charge is -2.42. The largest absolute Gasteiger partial charge is 0.354 e. The van der Waals surface area contributed by atoms with Gasteiger partial charge in [0.15, 0.2) is 9.84 Å². The molecule has 2 saturated heterocycles.